The normalized spacial score (nSPS) is 24.4. The fraction of sp³-hybridized carbons (Fsp3) is 0.536. The molecule has 2 heterocycles. The highest BCUT2D eigenvalue weighted by atomic mass is 16.5. The topological polar surface area (TPSA) is 105 Å². The van der Waals surface area contributed by atoms with Crippen molar-refractivity contribution in [3.63, 3.8) is 0 Å². The van der Waals surface area contributed by atoms with Crippen LogP contribution in [-0.4, -0.2) is 65.9 Å². The Morgan fingerprint density at radius 2 is 1.94 bits per heavy atom. The maximum Gasteiger partial charge on any atom is 0.407 e. The van der Waals surface area contributed by atoms with Crippen LogP contribution in [0.2, 0.25) is 0 Å². The van der Waals surface area contributed by atoms with Crippen molar-refractivity contribution in [2.45, 2.75) is 71.1 Å². The van der Waals surface area contributed by atoms with E-state index in [1.54, 1.807) is 0 Å². The first kappa shape index (κ1) is 27.3. The molecular formula is C28H36N2O6. The quantitative estimate of drug-likeness (QED) is 0.573. The number of amides is 2. The van der Waals surface area contributed by atoms with Gasteiger partial charge in [0, 0.05) is 18.5 Å². The number of hydrogen-bond donors (Lipinski definition) is 2. The minimum Gasteiger partial charge on any atom is -0.480 e. The molecule has 1 aromatic carbocycles. The Balaban J connectivity index is 1.82. The van der Waals surface area contributed by atoms with E-state index in [0.717, 1.165) is 30.4 Å². The van der Waals surface area contributed by atoms with E-state index in [4.69, 9.17) is 9.47 Å². The first-order chi connectivity index (χ1) is 17.2. The second kappa shape index (κ2) is 12.6. The summed E-state index contributed by atoms with van der Waals surface area (Å²) < 4.78 is 11.2. The second-order valence-electron chi connectivity index (χ2n) is 10.2. The van der Waals surface area contributed by atoms with Crippen LogP contribution in [0, 0.1) is 17.3 Å². The molecule has 0 saturated carbocycles. The average molecular weight is 497 g/mol. The summed E-state index contributed by atoms with van der Waals surface area (Å²) in [5, 5.41) is 12.4. The first-order valence-corrected chi connectivity index (χ1v) is 12.5. The van der Waals surface area contributed by atoms with Gasteiger partial charge in [-0.2, -0.15) is 0 Å². The molecule has 0 unspecified atom stereocenters. The number of aliphatic carboxylic acids is 1. The van der Waals surface area contributed by atoms with E-state index in [0.29, 0.717) is 6.42 Å². The molecule has 2 aliphatic rings. The number of cyclic esters (lactones) is 1. The Morgan fingerprint density at radius 3 is 2.69 bits per heavy atom. The van der Waals surface area contributed by atoms with Crippen molar-refractivity contribution in [1.29, 1.82) is 0 Å². The predicted molar refractivity (Wildman–Crippen MR) is 136 cm³/mol. The van der Waals surface area contributed by atoms with E-state index >= 15 is 0 Å². The van der Waals surface area contributed by atoms with Crippen LogP contribution in [0.5, 0.6) is 0 Å². The first-order valence-electron chi connectivity index (χ1n) is 12.5. The lowest BCUT2D eigenvalue weighted by Gasteiger charge is -2.34. The number of alkyl carbamates (subject to hydrolysis) is 1. The lowest BCUT2D eigenvalue weighted by atomic mass is 9.85. The van der Waals surface area contributed by atoms with Gasteiger partial charge in [-0.3, -0.25) is 4.79 Å². The number of benzene rings is 1. The molecule has 1 fully saturated rings. The molecule has 0 spiro atoms. The van der Waals surface area contributed by atoms with Crippen LogP contribution in [0.15, 0.2) is 30.3 Å². The van der Waals surface area contributed by atoms with Gasteiger partial charge >= 0.3 is 12.1 Å². The monoisotopic (exact) mass is 496 g/mol. The van der Waals surface area contributed by atoms with Gasteiger partial charge in [0.25, 0.3) is 0 Å². The molecule has 1 saturated heterocycles. The third-order valence-electron chi connectivity index (χ3n) is 6.33. The molecule has 0 radical (unpaired) electrons. The molecular weight excluding hydrogens is 460 g/mol. The summed E-state index contributed by atoms with van der Waals surface area (Å²) in [7, 11) is 0. The number of rotatable bonds is 1. The number of nitrogens with one attached hydrogen (secondary N) is 1. The van der Waals surface area contributed by atoms with E-state index in [1.165, 1.54) is 4.90 Å². The zero-order valence-corrected chi connectivity index (χ0v) is 21.3. The summed E-state index contributed by atoms with van der Waals surface area (Å²) in [6.45, 7) is 5.93. The lowest BCUT2D eigenvalue weighted by molar-refractivity contribution is -0.150. The van der Waals surface area contributed by atoms with Gasteiger partial charge in [-0.05, 0) is 42.7 Å². The Hall–Kier alpha value is -3.31. The molecule has 2 bridgehead atoms. The van der Waals surface area contributed by atoms with E-state index in [2.05, 4.69) is 29.3 Å². The van der Waals surface area contributed by atoms with Gasteiger partial charge in [-0.1, -0.05) is 63.0 Å². The van der Waals surface area contributed by atoms with Crippen LogP contribution in [0.25, 0.3) is 6.08 Å². The third-order valence-corrected chi connectivity index (χ3v) is 6.33. The molecule has 0 aliphatic carbocycles. The maximum absolute atomic E-state index is 13.5. The van der Waals surface area contributed by atoms with Crippen molar-refractivity contribution in [2.75, 3.05) is 19.8 Å². The highest BCUT2D eigenvalue weighted by Gasteiger charge is 2.45. The largest absolute Gasteiger partial charge is 0.480 e. The number of carbonyl (C=O) groups is 3. The van der Waals surface area contributed by atoms with Crippen molar-refractivity contribution < 1.29 is 29.0 Å². The number of hydrogen-bond acceptors (Lipinski definition) is 5. The zero-order valence-electron chi connectivity index (χ0n) is 21.3. The van der Waals surface area contributed by atoms with Crippen molar-refractivity contribution in [1.82, 2.24) is 10.2 Å². The van der Waals surface area contributed by atoms with Gasteiger partial charge in [0.05, 0.1) is 12.7 Å². The van der Waals surface area contributed by atoms with Gasteiger partial charge < -0.3 is 24.8 Å². The molecule has 2 N–H and O–H groups in total. The van der Waals surface area contributed by atoms with Gasteiger partial charge in [0.2, 0.25) is 5.91 Å². The Bertz CT molecular complexity index is 1030. The fourth-order valence-corrected chi connectivity index (χ4v) is 4.33. The highest BCUT2D eigenvalue weighted by Crippen LogP contribution is 2.27. The molecule has 1 aromatic rings. The van der Waals surface area contributed by atoms with Gasteiger partial charge in [0.1, 0.15) is 18.7 Å². The van der Waals surface area contributed by atoms with E-state index in [-0.39, 0.29) is 26.2 Å². The number of carboxylic acids is 1. The smallest absolute Gasteiger partial charge is 0.407 e. The summed E-state index contributed by atoms with van der Waals surface area (Å²) in [6.07, 6.45) is 6.65. The molecule has 0 aromatic heterocycles. The SMILES string of the molecule is CC(C)(C)[C@@H]1NC(=O)OCCCCCC=Cc2ccccc2C#CCO[C@@H]2C[C@@H](C(=O)O)N(C2)C1=O. The number of fused-ring (bicyclic) bond motifs is 3. The number of allylic oxidation sites excluding steroid dienone is 1. The maximum atomic E-state index is 13.5. The van der Waals surface area contributed by atoms with Crippen molar-refractivity contribution >= 4 is 24.0 Å². The minimum absolute atomic E-state index is 0.111. The number of carbonyl (C=O) groups excluding carboxylic acids is 2. The minimum atomic E-state index is -1.11. The summed E-state index contributed by atoms with van der Waals surface area (Å²) in [5.74, 6) is 4.59. The molecule has 8 nitrogen and oxygen atoms in total. The Labute approximate surface area is 213 Å². The van der Waals surface area contributed by atoms with Crippen LogP contribution >= 0.6 is 0 Å². The molecule has 194 valence electrons. The van der Waals surface area contributed by atoms with Gasteiger partial charge in [-0.15, -0.1) is 0 Å². The van der Waals surface area contributed by atoms with Crippen molar-refractivity contribution in [3.05, 3.63) is 41.5 Å². The van der Waals surface area contributed by atoms with Crippen LogP contribution in [-0.2, 0) is 19.1 Å². The van der Waals surface area contributed by atoms with Crippen LogP contribution in [0.3, 0.4) is 0 Å². The molecule has 8 heteroatoms. The van der Waals surface area contributed by atoms with E-state index < -0.39 is 41.6 Å². The van der Waals surface area contributed by atoms with E-state index in [9.17, 15) is 19.5 Å². The second-order valence-corrected chi connectivity index (χ2v) is 10.2. The number of ether oxygens (including phenoxy) is 2. The fourth-order valence-electron chi connectivity index (χ4n) is 4.33. The average Bonchev–Trinajstić information content (AvgIpc) is 3.26. The number of carboxylic acid groups (broad SMARTS) is 1. The third kappa shape index (κ3) is 7.59. The van der Waals surface area contributed by atoms with Crippen molar-refractivity contribution in [3.8, 4) is 11.8 Å². The molecule has 36 heavy (non-hydrogen) atoms. The summed E-state index contributed by atoms with van der Waals surface area (Å²) in [5.41, 5.74) is 1.26. The Kier molecular flexibility index (Phi) is 9.54. The zero-order chi connectivity index (χ0) is 26.1. The molecule has 2 aliphatic heterocycles. The summed E-state index contributed by atoms with van der Waals surface area (Å²) in [6, 6.07) is 5.87. The predicted octanol–water partition coefficient (Wildman–Crippen LogP) is 3.84. The molecule has 2 amide bonds. The molecule has 3 rings (SSSR count). The van der Waals surface area contributed by atoms with Gasteiger partial charge in [-0.25, -0.2) is 9.59 Å². The van der Waals surface area contributed by atoms with Crippen LogP contribution in [0.4, 0.5) is 4.79 Å². The standard InChI is InChI=1S/C28H36N2O6/c1-28(2,3)24-25(31)30-19-22(18-23(30)26(32)33)35-17-11-15-21-14-9-8-13-20(21)12-7-5-4-6-10-16-36-27(34)29-24/h7-9,12-14,22-24H,4-6,10,16-19H2,1-3H3,(H,29,34)(H,32,33)/t22-,23+,24-/m1/s1. The highest BCUT2D eigenvalue weighted by molar-refractivity contribution is 5.90. The summed E-state index contributed by atoms with van der Waals surface area (Å²) >= 11 is 0. The summed E-state index contributed by atoms with van der Waals surface area (Å²) in [4.78, 5) is 39.2. The number of nitrogens with zero attached hydrogens (tertiary/aromatic N) is 1. The van der Waals surface area contributed by atoms with Gasteiger partial charge in [0.15, 0.2) is 0 Å². The van der Waals surface area contributed by atoms with E-state index in [1.807, 2.05) is 45.0 Å². The van der Waals surface area contributed by atoms with Crippen LogP contribution in [0.1, 0.15) is 64.0 Å². The van der Waals surface area contributed by atoms with Crippen molar-refractivity contribution in [2.24, 2.45) is 5.41 Å². The Morgan fingerprint density at radius 1 is 1.17 bits per heavy atom. The molecule has 3 atom stereocenters. The van der Waals surface area contributed by atoms with Crippen LogP contribution < -0.4 is 5.32 Å². The lowest BCUT2D eigenvalue weighted by Crippen LogP contribution is -2.56.